The zero-order valence-corrected chi connectivity index (χ0v) is 55.4. The van der Waals surface area contributed by atoms with Gasteiger partial charge in [-0.05, 0) is 43.4 Å². The summed E-state index contributed by atoms with van der Waals surface area (Å²) in [7, 11) is -9.89. The van der Waals surface area contributed by atoms with E-state index in [9.17, 15) is 43.2 Å². The molecule has 4 unspecified atom stereocenters. The van der Waals surface area contributed by atoms with Gasteiger partial charge in [0, 0.05) is 25.7 Å². The number of carbonyl (C=O) groups excluding carboxylic acids is 4. The van der Waals surface area contributed by atoms with Gasteiger partial charge in [0.15, 0.2) is 12.2 Å². The maximum atomic E-state index is 13.0. The minimum atomic E-state index is -4.94. The van der Waals surface area contributed by atoms with E-state index in [1.807, 2.05) is 0 Å². The molecule has 0 aromatic heterocycles. The lowest BCUT2D eigenvalue weighted by atomic mass is 9.99. The zero-order chi connectivity index (χ0) is 61.7. The number of hydrogen-bond acceptors (Lipinski definition) is 15. The Kier molecular flexibility index (Phi) is 54.1. The van der Waals surface area contributed by atoms with Crippen LogP contribution in [-0.4, -0.2) is 96.7 Å². The molecular weight excluding hydrogens is 1100 g/mol. The molecule has 3 N–H and O–H groups in total. The molecule has 0 amide bonds. The van der Waals surface area contributed by atoms with Gasteiger partial charge in [-0.3, -0.25) is 37.3 Å². The topological polar surface area (TPSA) is 237 Å². The Morgan fingerprint density at radius 3 is 0.916 bits per heavy atom. The number of phosphoric ester groups is 2. The molecule has 0 saturated carbocycles. The van der Waals surface area contributed by atoms with Crippen molar-refractivity contribution in [1.29, 1.82) is 0 Å². The zero-order valence-electron chi connectivity index (χ0n) is 53.6. The van der Waals surface area contributed by atoms with Crippen LogP contribution in [0.5, 0.6) is 0 Å². The van der Waals surface area contributed by atoms with Gasteiger partial charge >= 0.3 is 39.5 Å². The second-order valence-corrected chi connectivity index (χ2v) is 27.0. The lowest BCUT2D eigenvalue weighted by molar-refractivity contribution is -0.161. The first-order valence-corrected chi connectivity index (χ1v) is 36.4. The van der Waals surface area contributed by atoms with E-state index in [4.69, 9.17) is 37.0 Å². The van der Waals surface area contributed by atoms with Crippen LogP contribution in [0.3, 0.4) is 0 Å². The summed E-state index contributed by atoms with van der Waals surface area (Å²) < 4.78 is 67.9. The normalized spacial score (nSPS) is 15.0. The van der Waals surface area contributed by atoms with Gasteiger partial charge in [-0.25, -0.2) is 9.13 Å². The first-order chi connectivity index (χ1) is 39.8. The van der Waals surface area contributed by atoms with Crippen LogP contribution < -0.4 is 0 Å². The Balaban J connectivity index is 5.24. The Labute approximate surface area is 505 Å². The standard InChI is InChI=1S/C64H124O17P2/c1-8-11-12-13-21-31-38-45-61(66)74-51-59(81-64(69)48-41-34-27-20-18-24-30-37-44-57(7)10-3)53-78-82(70,71)76-49-58(65)50-77-83(72,73)79-54-60(80-63(68)47-40-33-26-16-14-15-22-28-35-42-55(4)5)52-75-62(67)46-39-32-25-19-17-23-29-36-43-56(6)9-2/h55-60,65H,8-54H2,1-7H3,(H,70,71)(H,72,73)/t56?,57?,58-,59+,60+/m0/s1. The highest BCUT2D eigenvalue weighted by atomic mass is 31.2. The fourth-order valence-electron chi connectivity index (χ4n) is 9.42. The van der Waals surface area contributed by atoms with Crippen molar-refractivity contribution < 1.29 is 80.2 Å². The lowest BCUT2D eigenvalue weighted by Crippen LogP contribution is -2.30. The van der Waals surface area contributed by atoms with Gasteiger partial charge in [0.1, 0.15) is 19.3 Å². The summed E-state index contributed by atoms with van der Waals surface area (Å²) in [6.07, 6.45) is 36.2. The Morgan fingerprint density at radius 1 is 0.349 bits per heavy atom. The smallest absolute Gasteiger partial charge is 0.462 e. The Bertz CT molecular complexity index is 1650. The maximum absolute atomic E-state index is 13.0. The molecule has 0 saturated heterocycles. The van der Waals surface area contributed by atoms with Crippen LogP contribution in [0.15, 0.2) is 0 Å². The second-order valence-electron chi connectivity index (χ2n) is 24.1. The number of rotatable bonds is 62. The molecule has 492 valence electrons. The second kappa shape index (κ2) is 55.4. The fourth-order valence-corrected chi connectivity index (χ4v) is 11.0. The summed E-state index contributed by atoms with van der Waals surface area (Å²) in [4.78, 5) is 72.1. The van der Waals surface area contributed by atoms with Gasteiger partial charge in [-0.1, -0.05) is 260 Å². The van der Waals surface area contributed by atoms with Crippen LogP contribution in [0.4, 0.5) is 0 Å². The summed E-state index contributed by atoms with van der Waals surface area (Å²) in [5, 5.41) is 10.5. The molecule has 0 aliphatic heterocycles. The number of phosphoric acid groups is 2. The lowest BCUT2D eigenvalue weighted by Gasteiger charge is -2.21. The van der Waals surface area contributed by atoms with Crippen LogP contribution in [0, 0.1) is 17.8 Å². The van der Waals surface area contributed by atoms with Crippen molar-refractivity contribution in [3.63, 3.8) is 0 Å². The number of unbranched alkanes of at least 4 members (excludes halogenated alkanes) is 28. The van der Waals surface area contributed by atoms with Crippen molar-refractivity contribution in [3.05, 3.63) is 0 Å². The monoisotopic (exact) mass is 1230 g/mol. The minimum absolute atomic E-state index is 0.104. The first-order valence-electron chi connectivity index (χ1n) is 33.4. The van der Waals surface area contributed by atoms with E-state index in [2.05, 4.69) is 48.5 Å². The van der Waals surface area contributed by atoms with Gasteiger partial charge in [-0.15, -0.1) is 0 Å². The van der Waals surface area contributed by atoms with Crippen LogP contribution in [0.25, 0.3) is 0 Å². The van der Waals surface area contributed by atoms with Crippen LogP contribution in [0.1, 0.15) is 312 Å². The number of aliphatic hydroxyl groups excluding tert-OH is 1. The number of carbonyl (C=O) groups is 4. The molecule has 0 bridgehead atoms. The molecule has 0 rings (SSSR count). The molecule has 0 heterocycles. The molecular formula is C64H124O17P2. The van der Waals surface area contributed by atoms with Crippen LogP contribution >= 0.6 is 15.6 Å². The predicted molar refractivity (Wildman–Crippen MR) is 331 cm³/mol. The van der Waals surface area contributed by atoms with Gasteiger partial charge < -0.3 is 33.8 Å². The van der Waals surface area contributed by atoms with Crippen molar-refractivity contribution in [2.45, 2.75) is 330 Å². The molecule has 0 aliphatic rings. The third-order valence-corrected chi connectivity index (χ3v) is 17.3. The molecule has 0 aliphatic carbocycles. The molecule has 17 nitrogen and oxygen atoms in total. The third kappa shape index (κ3) is 56.3. The minimum Gasteiger partial charge on any atom is -0.462 e. The average Bonchev–Trinajstić information content (AvgIpc) is 3.46. The van der Waals surface area contributed by atoms with Crippen molar-refractivity contribution in [2.24, 2.45) is 17.8 Å². The average molecular weight is 1230 g/mol. The molecule has 19 heteroatoms. The van der Waals surface area contributed by atoms with Crippen molar-refractivity contribution in [2.75, 3.05) is 39.6 Å². The molecule has 7 atom stereocenters. The summed E-state index contributed by atoms with van der Waals surface area (Å²) >= 11 is 0. The van der Waals surface area contributed by atoms with Crippen LogP contribution in [0.2, 0.25) is 0 Å². The van der Waals surface area contributed by atoms with Crippen LogP contribution in [-0.2, 0) is 65.4 Å². The number of esters is 4. The maximum Gasteiger partial charge on any atom is 0.472 e. The van der Waals surface area contributed by atoms with E-state index in [1.165, 1.54) is 109 Å². The largest absolute Gasteiger partial charge is 0.472 e. The summed E-state index contributed by atoms with van der Waals surface area (Å²) in [6, 6.07) is 0. The van der Waals surface area contributed by atoms with Gasteiger partial charge in [0.25, 0.3) is 0 Å². The van der Waals surface area contributed by atoms with E-state index in [0.29, 0.717) is 25.7 Å². The first kappa shape index (κ1) is 81.1. The highest BCUT2D eigenvalue weighted by Crippen LogP contribution is 2.45. The highest BCUT2D eigenvalue weighted by molar-refractivity contribution is 7.47. The summed E-state index contributed by atoms with van der Waals surface area (Å²) in [6.45, 7) is 11.7. The van der Waals surface area contributed by atoms with E-state index in [0.717, 1.165) is 120 Å². The van der Waals surface area contributed by atoms with Crippen molar-refractivity contribution >= 4 is 39.5 Å². The molecule has 0 spiro atoms. The van der Waals surface area contributed by atoms with E-state index < -0.39 is 97.5 Å². The molecule has 83 heavy (non-hydrogen) atoms. The summed E-state index contributed by atoms with van der Waals surface area (Å²) in [5.74, 6) is 0.143. The van der Waals surface area contributed by atoms with E-state index >= 15 is 0 Å². The summed E-state index contributed by atoms with van der Waals surface area (Å²) in [5.41, 5.74) is 0. The van der Waals surface area contributed by atoms with Gasteiger partial charge in [-0.2, -0.15) is 0 Å². The van der Waals surface area contributed by atoms with E-state index in [-0.39, 0.29) is 25.7 Å². The molecule has 0 aromatic carbocycles. The Morgan fingerprint density at radius 2 is 0.614 bits per heavy atom. The van der Waals surface area contributed by atoms with Gasteiger partial charge in [0.05, 0.1) is 26.4 Å². The molecule has 0 aromatic rings. The number of aliphatic hydroxyl groups is 1. The predicted octanol–water partition coefficient (Wildman–Crippen LogP) is 17.5. The Hall–Kier alpha value is -1.94. The van der Waals surface area contributed by atoms with E-state index in [1.54, 1.807) is 0 Å². The number of hydrogen-bond donors (Lipinski definition) is 3. The van der Waals surface area contributed by atoms with Gasteiger partial charge in [0.2, 0.25) is 0 Å². The van der Waals surface area contributed by atoms with Crippen molar-refractivity contribution in [1.82, 2.24) is 0 Å². The van der Waals surface area contributed by atoms with Crippen molar-refractivity contribution in [3.8, 4) is 0 Å². The quantitative estimate of drug-likeness (QED) is 0.0222. The fraction of sp³-hybridized carbons (Fsp3) is 0.938. The number of ether oxygens (including phenoxy) is 4. The molecule has 0 fully saturated rings. The highest BCUT2D eigenvalue weighted by Gasteiger charge is 2.30. The molecule has 0 radical (unpaired) electrons. The third-order valence-electron chi connectivity index (χ3n) is 15.4. The SMILES string of the molecule is CCCCCCCCCC(=O)OC[C@H](COP(=O)(O)OC[C@H](O)COP(=O)(O)OC[C@@H](COC(=O)CCCCCCCCCCC(C)CC)OC(=O)CCCCCCCCCCCC(C)C)OC(=O)CCCCCCCCCCC(C)CC.